The van der Waals surface area contributed by atoms with Crippen molar-refractivity contribution in [2.75, 3.05) is 0 Å². The van der Waals surface area contributed by atoms with Crippen LogP contribution in [-0.4, -0.2) is 15.0 Å². The fraction of sp³-hybridized carbons (Fsp3) is 0. The molecule has 0 radical (unpaired) electrons. The maximum Gasteiger partial charge on any atom is 0.164 e. The van der Waals surface area contributed by atoms with Crippen molar-refractivity contribution >= 4 is 10.8 Å². The van der Waals surface area contributed by atoms with Gasteiger partial charge in [-0.1, -0.05) is 152 Å². The van der Waals surface area contributed by atoms with Gasteiger partial charge in [-0.05, 0) is 80.7 Å². The van der Waals surface area contributed by atoms with Crippen LogP contribution in [0.25, 0.3) is 89.4 Å². The number of aromatic nitrogens is 3. The Morgan fingerprint density at radius 1 is 0.283 bits per heavy atom. The molecule has 4 nitrogen and oxygen atoms in total. The number of hydrogen-bond acceptors (Lipinski definition) is 4. The highest BCUT2D eigenvalue weighted by molar-refractivity contribution is 6.04. The van der Waals surface area contributed by atoms with Gasteiger partial charge in [0.25, 0.3) is 0 Å². The molecule has 8 aromatic carbocycles. The predicted octanol–water partition coefficient (Wildman–Crippen LogP) is 12.8. The molecule has 0 unspecified atom stereocenters. The summed E-state index contributed by atoms with van der Waals surface area (Å²) in [6, 6.07) is 65.2. The van der Waals surface area contributed by atoms with E-state index in [4.69, 9.17) is 19.7 Å². The fourth-order valence-electron chi connectivity index (χ4n) is 7.26. The number of fused-ring (bicyclic) bond motifs is 2. The third kappa shape index (κ3) is 5.73. The van der Waals surface area contributed by atoms with Crippen LogP contribution >= 0.6 is 0 Å². The lowest BCUT2D eigenvalue weighted by atomic mass is 9.91. The highest BCUT2D eigenvalue weighted by Gasteiger charge is 2.21. The van der Waals surface area contributed by atoms with Gasteiger partial charge in [-0.25, -0.2) is 15.0 Å². The average Bonchev–Trinajstić information content (AvgIpc) is 3.24. The minimum absolute atomic E-state index is 0.611. The largest absolute Gasteiger partial charge is 0.456 e. The zero-order valence-corrected chi connectivity index (χ0v) is 28.6. The van der Waals surface area contributed by atoms with Crippen molar-refractivity contribution in [3.63, 3.8) is 0 Å². The number of hydrogen-bond donors (Lipinski definition) is 0. The lowest BCUT2D eigenvalue weighted by Crippen LogP contribution is -2.01. The summed E-state index contributed by atoms with van der Waals surface area (Å²) in [6.45, 7) is 0. The standard InChI is InChI=1S/C49H31N3O/c1-4-12-32(13-5-1)34-22-24-37(25-23-34)48-50-47(36-16-8-3-9-17-36)51-49(52-48)41-29-39(33-14-6-2-7-15-33)28-40(30-41)38-26-27-44-43(31-38)42-20-10-18-35-19-11-21-45(53-44)46(35)42/h1-31H. The van der Waals surface area contributed by atoms with Crippen LogP contribution in [0.3, 0.4) is 0 Å². The molecule has 0 fully saturated rings. The first-order chi connectivity index (χ1) is 26.2. The molecule has 248 valence electrons. The molecule has 0 atom stereocenters. The monoisotopic (exact) mass is 677 g/mol. The first-order valence-corrected chi connectivity index (χ1v) is 17.8. The highest BCUT2D eigenvalue weighted by Crippen LogP contribution is 2.48. The molecule has 0 saturated carbocycles. The molecule has 9 aromatic rings. The van der Waals surface area contributed by atoms with Crippen LogP contribution in [0.2, 0.25) is 0 Å². The van der Waals surface area contributed by atoms with E-state index in [0.717, 1.165) is 67.0 Å². The van der Waals surface area contributed by atoms with E-state index in [-0.39, 0.29) is 0 Å². The zero-order chi connectivity index (χ0) is 35.1. The number of ether oxygens (including phenoxy) is 1. The van der Waals surface area contributed by atoms with E-state index in [1.54, 1.807) is 0 Å². The van der Waals surface area contributed by atoms with Gasteiger partial charge in [0.05, 0.1) is 0 Å². The van der Waals surface area contributed by atoms with E-state index >= 15 is 0 Å². The van der Waals surface area contributed by atoms with Crippen molar-refractivity contribution in [2.24, 2.45) is 0 Å². The van der Waals surface area contributed by atoms with Crippen molar-refractivity contribution < 1.29 is 4.74 Å². The van der Waals surface area contributed by atoms with Gasteiger partial charge in [0.2, 0.25) is 0 Å². The SMILES string of the molecule is c1ccc(-c2ccc(-c3nc(-c4ccccc4)nc(-c4cc(-c5ccccc5)cc(-c5ccc6c(c5)-c5cccc7cccc(c57)O6)c4)n3)cc2)cc1. The molecule has 0 N–H and O–H groups in total. The Labute approximate surface area is 307 Å². The van der Waals surface area contributed by atoms with E-state index < -0.39 is 0 Å². The molecule has 0 spiro atoms. The van der Waals surface area contributed by atoms with Crippen molar-refractivity contribution in [2.45, 2.75) is 0 Å². The van der Waals surface area contributed by atoms with Crippen molar-refractivity contribution in [1.82, 2.24) is 15.0 Å². The molecule has 10 rings (SSSR count). The van der Waals surface area contributed by atoms with Crippen molar-refractivity contribution in [1.29, 1.82) is 0 Å². The van der Waals surface area contributed by atoms with E-state index in [9.17, 15) is 0 Å². The van der Waals surface area contributed by atoms with Gasteiger partial charge in [0, 0.05) is 27.6 Å². The van der Waals surface area contributed by atoms with Crippen LogP contribution in [-0.2, 0) is 0 Å². The third-order valence-corrected chi connectivity index (χ3v) is 9.91. The summed E-state index contributed by atoms with van der Waals surface area (Å²) in [5.41, 5.74) is 11.7. The van der Waals surface area contributed by atoms with Gasteiger partial charge in [0.15, 0.2) is 17.5 Å². The number of benzene rings is 8. The molecule has 53 heavy (non-hydrogen) atoms. The maximum atomic E-state index is 6.44. The molecule has 2 heterocycles. The Morgan fingerprint density at radius 3 is 1.42 bits per heavy atom. The molecule has 0 amide bonds. The first-order valence-electron chi connectivity index (χ1n) is 17.8. The van der Waals surface area contributed by atoms with Crippen molar-refractivity contribution in [3.8, 4) is 90.2 Å². The smallest absolute Gasteiger partial charge is 0.164 e. The second-order valence-electron chi connectivity index (χ2n) is 13.3. The van der Waals surface area contributed by atoms with Crippen LogP contribution in [0.15, 0.2) is 188 Å². The molecular formula is C49H31N3O. The first kappa shape index (κ1) is 30.6. The fourth-order valence-corrected chi connectivity index (χ4v) is 7.26. The molecule has 1 aliphatic rings. The van der Waals surface area contributed by atoms with Gasteiger partial charge < -0.3 is 4.74 Å². The lowest BCUT2D eigenvalue weighted by molar-refractivity contribution is 0.487. The Bertz CT molecular complexity index is 2780. The number of nitrogens with zero attached hydrogens (tertiary/aromatic N) is 3. The molecular weight excluding hydrogens is 647 g/mol. The normalized spacial score (nSPS) is 11.5. The van der Waals surface area contributed by atoms with E-state index in [2.05, 4.69) is 133 Å². The molecule has 0 aliphatic carbocycles. The minimum Gasteiger partial charge on any atom is -0.456 e. The number of rotatable bonds is 6. The van der Waals surface area contributed by atoms with E-state index in [1.165, 1.54) is 16.5 Å². The Balaban J connectivity index is 1.14. The van der Waals surface area contributed by atoms with Gasteiger partial charge in [-0.2, -0.15) is 0 Å². The van der Waals surface area contributed by atoms with Crippen LogP contribution in [0.5, 0.6) is 11.5 Å². The zero-order valence-electron chi connectivity index (χ0n) is 28.6. The third-order valence-electron chi connectivity index (χ3n) is 9.91. The van der Waals surface area contributed by atoms with Crippen molar-refractivity contribution in [3.05, 3.63) is 188 Å². The minimum atomic E-state index is 0.611. The molecule has 1 aliphatic heterocycles. The summed E-state index contributed by atoms with van der Waals surface area (Å²) < 4.78 is 6.44. The second kappa shape index (κ2) is 12.9. The van der Waals surface area contributed by atoms with Crippen LogP contribution in [0.4, 0.5) is 0 Å². The lowest BCUT2D eigenvalue weighted by Gasteiger charge is -2.22. The van der Waals surface area contributed by atoms with E-state index in [0.29, 0.717) is 17.5 Å². The molecule has 0 bridgehead atoms. The molecule has 1 aromatic heterocycles. The average molecular weight is 678 g/mol. The van der Waals surface area contributed by atoms with Gasteiger partial charge >= 0.3 is 0 Å². The summed E-state index contributed by atoms with van der Waals surface area (Å²) in [6.07, 6.45) is 0. The topological polar surface area (TPSA) is 47.9 Å². The predicted molar refractivity (Wildman–Crippen MR) is 215 cm³/mol. The highest BCUT2D eigenvalue weighted by atomic mass is 16.5. The molecule has 0 saturated heterocycles. The summed E-state index contributed by atoms with van der Waals surface area (Å²) >= 11 is 0. The Kier molecular flexibility index (Phi) is 7.43. The summed E-state index contributed by atoms with van der Waals surface area (Å²) in [7, 11) is 0. The quantitative estimate of drug-likeness (QED) is 0.176. The summed E-state index contributed by atoms with van der Waals surface area (Å²) in [5.74, 6) is 3.61. The summed E-state index contributed by atoms with van der Waals surface area (Å²) in [4.78, 5) is 15.3. The second-order valence-corrected chi connectivity index (χ2v) is 13.3. The van der Waals surface area contributed by atoms with Crippen LogP contribution < -0.4 is 4.74 Å². The van der Waals surface area contributed by atoms with Gasteiger partial charge in [-0.15, -0.1) is 0 Å². The Morgan fingerprint density at radius 2 is 0.755 bits per heavy atom. The molecule has 4 heteroatoms. The van der Waals surface area contributed by atoms with Gasteiger partial charge in [0.1, 0.15) is 11.5 Å². The van der Waals surface area contributed by atoms with E-state index in [1.807, 2.05) is 54.6 Å². The van der Waals surface area contributed by atoms with Crippen LogP contribution in [0, 0.1) is 0 Å². The summed E-state index contributed by atoms with van der Waals surface area (Å²) in [5, 5.41) is 2.31. The van der Waals surface area contributed by atoms with Gasteiger partial charge in [-0.3, -0.25) is 0 Å². The maximum absolute atomic E-state index is 6.44. The van der Waals surface area contributed by atoms with Crippen LogP contribution in [0.1, 0.15) is 0 Å². The Hall–Kier alpha value is -7.17.